The van der Waals surface area contributed by atoms with Crippen LogP contribution in [0.25, 0.3) is 0 Å². The van der Waals surface area contributed by atoms with Crippen LogP contribution in [0.3, 0.4) is 0 Å². The van der Waals surface area contributed by atoms with Gasteiger partial charge in [-0.2, -0.15) is 5.10 Å². The van der Waals surface area contributed by atoms with E-state index in [1.807, 2.05) is 4.90 Å². The lowest BCUT2D eigenvalue weighted by atomic mass is 10.2. The third-order valence-electron chi connectivity index (χ3n) is 4.42. The van der Waals surface area contributed by atoms with Gasteiger partial charge in [-0.1, -0.05) is 12.1 Å². The average molecular weight is 480 g/mol. The number of methoxy groups -OCH3 is 1. The van der Waals surface area contributed by atoms with E-state index in [1.165, 1.54) is 25.5 Å². The van der Waals surface area contributed by atoms with Gasteiger partial charge in [0.15, 0.2) is 11.5 Å². The predicted octanol–water partition coefficient (Wildman–Crippen LogP) is 2.96. The van der Waals surface area contributed by atoms with Gasteiger partial charge in [0.2, 0.25) is 0 Å². The zero-order valence-corrected chi connectivity index (χ0v) is 18.2. The lowest BCUT2D eigenvalue weighted by Crippen LogP contribution is -2.42. The van der Waals surface area contributed by atoms with Crippen LogP contribution >= 0.6 is 15.9 Å². The first-order valence-corrected chi connectivity index (χ1v) is 10.2. The first-order chi connectivity index (χ1) is 14.5. The van der Waals surface area contributed by atoms with E-state index in [-0.39, 0.29) is 24.9 Å². The fourth-order valence-electron chi connectivity index (χ4n) is 2.87. The van der Waals surface area contributed by atoms with Gasteiger partial charge < -0.3 is 14.2 Å². The largest absolute Gasteiger partial charge is 0.493 e. The van der Waals surface area contributed by atoms with E-state index in [4.69, 9.17) is 14.2 Å². The van der Waals surface area contributed by atoms with E-state index in [1.54, 1.807) is 24.3 Å². The number of morpholine rings is 1. The number of carbonyl (C=O) groups excluding carboxylic acids is 1. The van der Waals surface area contributed by atoms with Crippen molar-refractivity contribution in [2.24, 2.45) is 5.10 Å². The van der Waals surface area contributed by atoms with Crippen molar-refractivity contribution >= 4 is 28.1 Å². The number of rotatable bonds is 8. The van der Waals surface area contributed by atoms with Crippen molar-refractivity contribution in [2.45, 2.75) is 6.61 Å². The van der Waals surface area contributed by atoms with Crippen molar-refractivity contribution in [1.29, 1.82) is 0 Å². The van der Waals surface area contributed by atoms with Gasteiger partial charge >= 0.3 is 0 Å². The van der Waals surface area contributed by atoms with Gasteiger partial charge in [-0.05, 0) is 51.3 Å². The molecule has 0 aliphatic carbocycles. The first kappa shape index (κ1) is 22.2. The lowest BCUT2D eigenvalue weighted by Gasteiger charge is -2.25. The van der Waals surface area contributed by atoms with Crippen molar-refractivity contribution in [3.63, 3.8) is 0 Å². The Hall–Kier alpha value is -2.49. The van der Waals surface area contributed by atoms with Crippen molar-refractivity contribution in [3.8, 4) is 11.5 Å². The molecule has 1 N–H and O–H groups in total. The highest BCUT2D eigenvalue weighted by atomic mass is 79.9. The molecule has 0 bridgehead atoms. The number of ether oxygens (including phenoxy) is 3. The second-order valence-electron chi connectivity index (χ2n) is 6.63. The molecule has 2 aromatic rings. The van der Waals surface area contributed by atoms with Crippen LogP contribution in [0.1, 0.15) is 11.1 Å². The molecule has 3 rings (SSSR count). The van der Waals surface area contributed by atoms with E-state index in [0.29, 0.717) is 29.2 Å². The van der Waals surface area contributed by atoms with Gasteiger partial charge in [0.1, 0.15) is 12.4 Å². The summed E-state index contributed by atoms with van der Waals surface area (Å²) < 4.78 is 30.2. The maximum absolute atomic E-state index is 13.0. The van der Waals surface area contributed by atoms with Gasteiger partial charge in [0, 0.05) is 13.1 Å². The summed E-state index contributed by atoms with van der Waals surface area (Å²) in [5.41, 5.74) is 4.09. The van der Waals surface area contributed by atoms with E-state index >= 15 is 0 Å². The number of nitrogens with zero attached hydrogens (tertiary/aromatic N) is 2. The Labute approximate surface area is 182 Å². The van der Waals surface area contributed by atoms with Crippen LogP contribution in [0, 0.1) is 5.82 Å². The second kappa shape index (κ2) is 11.1. The summed E-state index contributed by atoms with van der Waals surface area (Å²) in [4.78, 5) is 14.0. The summed E-state index contributed by atoms with van der Waals surface area (Å²) >= 11 is 3.48. The minimum atomic E-state index is -0.293. The molecule has 7 nitrogen and oxygen atoms in total. The monoisotopic (exact) mass is 479 g/mol. The molecule has 0 radical (unpaired) electrons. The zero-order valence-electron chi connectivity index (χ0n) is 16.6. The van der Waals surface area contributed by atoms with Crippen LogP contribution in [-0.2, 0) is 16.1 Å². The van der Waals surface area contributed by atoms with E-state index in [0.717, 1.165) is 24.2 Å². The molecule has 9 heteroatoms. The molecule has 2 aromatic carbocycles. The summed E-state index contributed by atoms with van der Waals surface area (Å²) in [6.07, 6.45) is 1.54. The highest BCUT2D eigenvalue weighted by Crippen LogP contribution is 2.36. The molecular formula is C21H23BrFN3O4. The molecule has 0 aromatic heterocycles. The minimum absolute atomic E-state index is 0.182. The number of benzene rings is 2. The Balaban J connectivity index is 1.59. The highest BCUT2D eigenvalue weighted by molar-refractivity contribution is 9.10. The minimum Gasteiger partial charge on any atom is -0.493 e. The van der Waals surface area contributed by atoms with Gasteiger partial charge in [0.05, 0.1) is 37.6 Å². The number of amides is 1. The normalized spacial score (nSPS) is 14.6. The fourth-order valence-corrected chi connectivity index (χ4v) is 3.44. The molecule has 1 amide bonds. The lowest BCUT2D eigenvalue weighted by molar-refractivity contribution is -0.123. The number of halogens is 2. The third-order valence-corrected chi connectivity index (χ3v) is 5.01. The van der Waals surface area contributed by atoms with Crippen LogP contribution in [0.15, 0.2) is 46.0 Å². The summed E-state index contributed by atoms with van der Waals surface area (Å²) in [5.74, 6) is 0.555. The smallest absolute Gasteiger partial charge is 0.254 e. The maximum atomic E-state index is 13.0. The maximum Gasteiger partial charge on any atom is 0.254 e. The van der Waals surface area contributed by atoms with Crippen LogP contribution in [-0.4, -0.2) is 57.0 Å². The number of hydrazone groups is 1. The molecule has 1 heterocycles. The van der Waals surface area contributed by atoms with Gasteiger partial charge in [0.25, 0.3) is 5.91 Å². The number of hydrogen-bond donors (Lipinski definition) is 1. The molecule has 1 saturated heterocycles. The van der Waals surface area contributed by atoms with Crippen LogP contribution < -0.4 is 14.9 Å². The molecule has 1 aliphatic heterocycles. The zero-order chi connectivity index (χ0) is 21.3. The Morgan fingerprint density at radius 2 is 2.03 bits per heavy atom. The van der Waals surface area contributed by atoms with Crippen LogP contribution in [0.2, 0.25) is 0 Å². The molecule has 30 heavy (non-hydrogen) atoms. The Morgan fingerprint density at radius 1 is 1.30 bits per heavy atom. The Kier molecular flexibility index (Phi) is 8.18. The number of nitrogens with one attached hydrogen (secondary N) is 1. The average Bonchev–Trinajstić information content (AvgIpc) is 2.74. The predicted molar refractivity (Wildman–Crippen MR) is 114 cm³/mol. The van der Waals surface area contributed by atoms with Gasteiger partial charge in [-0.15, -0.1) is 0 Å². The number of carbonyl (C=O) groups is 1. The molecule has 1 fully saturated rings. The van der Waals surface area contributed by atoms with Crippen molar-refractivity contribution in [2.75, 3.05) is 40.0 Å². The molecule has 0 saturated carbocycles. The Morgan fingerprint density at radius 3 is 2.73 bits per heavy atom. The topological polar surface area (TPSA) is 72.4 Å². The van der Waals surface area contributed by atoms with E-state index in [2.05, 4.69) is 26.5 Å². The molecule has 0 unspecified atom stereocenters. The van der Waals surface area contributed by atoms with Gasteiger partial charge in [-0.25, -0.2) is 9.82 Å². The van der Waals surface area contributed by atoms with E-state index < -0.39 is 0 Å². The second-order valence-corrected chi connectivity index (χ2v) is 7.49. The fraction of sp³-hybridized carbons (Fsp3) is 0.333. The molecule has 160 valence electrons. The SMILES string of the molecule is COc1cc(C=NNC(=O)CN2CCOCC2)cc(Br)c1OCc1ccc(F)cc1. The quantitative estimate of drug-likeness (QED) is 0.465. The van der Waals surface area contributed by atoms with Crippen LogP contribution in [0.4, 0.5) is 4.39 Å². The third kappa shape index (κ3) is 6.51. The molecule has 0 spiro atoms. The van der Waals surface area contributed by atoms with Crippen LogP contribution in [0.5, 0.6) is 11.5 Å². The van der Waals surface area contributed by atoms with Crippen molar-refractivity contribution in [1.82, 2.24) is 10.3 Å². The first-order valence-electron chi connectivity index (χ1n) is 9.42. The Bertz CT molecular complexity index is 887. The summed E-state index contributed by atoms with van der Waals surface area (Å²) in [6.45, 7) is 3.30. The van der Waals surface area contributed by atoms with E-state index in [9.17, 15) is 9.18 Å². The summed E-state index contributed by atoms with van der Waals surface area (Å²) in [5, 5.41) is 4.02. The standard InChI is InChI=1S/C21H23BrFN3O4/c1-28-19-11-16(12-24-25-20(27)13-26-6-8-29-9-7-26)10-18(22)21(19)30-14-15-2-4-17(23)5-3-15/h2-5,10-12H,6-9,13-14H2,1H3,(H,25,27). The summed E-state index contributed by atoms with van der Waals surface area (Å²) in [7, 11) is 1.54. The van der Waals surface area contributed by atoms with Crippen molar-refractivity contribution in [3.05, 3.63) is 57.8 Å². The number of hydrogen-bond acceptors (Lipinski definition) is 6. The van der Waals surface area contributed by atoms with Gasteiger partial charge in [-0.3, -0.25) is 9.69 Å². The highest BCUT2D eigenvalue weighted by Gasteiger charge is 2.14. The molecule has 1 aliphatic rings. The molecule has 0 atom stereocenters. The summed E-state index contributed by atoms with van der Waals surface area (Å²) in [6, 6.07) is 9.66. The molecular weight excluding hydrogens is 457 g/mol. The van der Waals surface area contributed by atoms with Crippen molar-refractivity contribution < 1.29 is 23.4 Å².